The molecule has 1 aliphatic heterocycles. The molecule has 0 bridgehead atoms. The highest BCUT2D eigenvalue weighted by Gasteiger charge is 2.24. The number of nitrogens with zero attached hydrogens (tertiary/aromatic N) is 1. The third-order valence-electron chi connectivity index (χ3n) is 4.13. The largest absolute Gasteiger partial charge is 0.487 e. The summed E-state index contributed by atoms with van der Waals surface area (Å²) in [4.78, 5) is 14.0. The molecule has 3 rings (SSSR count). The molecule has 0 aliphatic carbocycles. The van der Waals surface area contributed by atoms with Crippen molar-refractivity contribution in [3.63, 3.8) is 0 Å². The summed E-state index contributed by atoms with van der Waals surface area (Å²) >= 11 is 0. The first-order valence-corrected chi connectivity index (χ1v) is 7.65. The molecule has 0 amide bonds. The topological polar surface area (TPSA) is 29.5 Å². The van der Waals surface area contributed by atoms with Gasteiger partial charge in [0.05, 0.1) is 12.2 Å². The number of ether oxygens (including phenoxy) is 1. The number of hydrogen-bond donors (Lipinski definition) is 0. The highest BCUT2D eigenvalue weighted by Crippen LogP contribution is 2.35. The lowest BCUT2D eigenvalue weighted by Crippen LogP contribution is -2.38. The minimum absolute atomic E-state index is 0.0808. The van der Waals surface area contributed by atoms with Crippen molar-refractivity contribution < 1.29 is 9.53 Å². The van der Waals surface area contributed by atoms with Gasteiger partial charge in [-0.1, -0.05) is 24.3 Å². The molecule has 2 aromatic rings. The van der Waals surface area contributed by atoms with E-state index in [0.29, 0.717) is 0 Å². The van der Waals surface area contributed by atoms with Gasteiger partial charge in [0.2, 0.25) is 0 Å². The van der Waals surface area contributed by atoms with Gasteiger partial charge in [0.15, 0.2) is 5.78 Å². The van der Waals surface area contributed by atoms with Gasteiger partial charge in [-0.2, -0.15) is 0 Å². The average molecular weight is 295 g/mol. The molecule has 114 valence electrons. The molecule has 0 radical (unpaired) electrons. The van der Waals surface area contributed by atoms with Gasteiger partial charge in [0.1, 0.15) is 11.9 Å². The predicted molar refractivity (Wildman–Crippen MR) is 88.8 cm³/mol. The second-order valence-corrected chi connectivity index (χ2v) is 5.97. The molecule has 0 N–H and O–H groups in total. The average Bonchev–Trinajstić information content (AvgIpc) is 2.49. The van der Waals surface area contributed by atoms with Crippen LogP contribution in [0.25, 0.3) is 0 Å². The van der Waals surface area contributed by atoms with Crippen molar-refractivity contribution >= 4 is 11.5 Å². The summed E-state index contributed by atoms with van der Waals surface area (Å²) in [6, 6.07) is 14.1. The SMILES string of the molecule is CC(=O)c1ccc2c(c1)N(Cc1ccccc1C)CC(C)O2. The van der Waals surface area contributed by atoms with Crippen LogP contribution in [0.5, 0.6) is 5.75 Å². The summed E-state index contributed by atoms with van der Waals surface area (Å²) < 4.78 is 5.91. The third-order valence-corrected chi connectivity index (χ3v) is 4.13. The summed E-state index contributed by atoms with van der Waals surface area (Å²) in [6.45, 7) is 7.45. The lowest BCUT2D eigenvalue weighted by atomic mass is 10.1. The molecule has 1 heterocycles. The van der Waals surface area contributed by atoms with E-state index in [2.05, 4.69) is 43.0 Å². The van der Waals surface area contributed by atoms with Crippen LogP contribution >= 0.6 is 0 Å². The van der Waals surface area contributed by atoms with Crippen molar-refractivity contribution in [2.45, 2.75) is 33.4 Å². The van der Waals surface area contributed by atoms with Gasteiger partial charge in [-0.25, -0.2) is 0 Å². The Hall–Kier alpha value is -2.29. The lowest BCUT2D eigenvalue weighted by Gasteiger charge is -2.35. The summed E-state index contributed by atoms with van der Waals surface area (Å²) in [6.07, 6.45) is 0.139. The molecular weight excluding hydrogens is 274 g/mol. The van der Waals surface area contributed by atoms with Crippen LogP contribution in [0.4, 0.5) is 5.69 Å². The minimum Gasteiger partial charge on any atom is -0.487 e. The first-order chi connectivity index (χ1) is 10.5. The second kappa shape index (κ2) is 5.84. The van der Waals surface area contributed by atoms with E-state index in [4.69, 9.17) is 4.74 Å². The van der Waals surface area contributed by atoms with Gasteiger partial charge in [-0.05, 0) is 50.1 Å². The van der Waals surface area contributed by atoms with Crippen LogP contribution in [0.3, 0.4) is 0 Å². The van der Waals surface area contributed by atoms with E-state index >= 15 is 0 Å². The second-order valence-electron chi connectivity index (χ2n) is 5.97. The van der Waals surface area contributed by atoms with Crippen molar-refractivity contribution in [2.75, 3.05) is 11.4 Å². The molecule has 1 unspecified atom stereocenters. The molecule has 0 saturated heterocycles. The number of carbonyl (C=O) groups is 1. The molecule has 0 fully saturated rings. The van der Waals surface area contributed by atoms with Crippen LogP contribution in [0.15, 0.2) is 42.5 Å². The molecule has 0 aromatic heterocycles. The maximum atomic E-state index is 11.7. The minimum atomic E-state index is 0.0808. The number of Topliss-reactive ketones (excluding diaryl/α,β-unsaturated/α-hetero) is 1. The Balaban J connectivity index is 1.97. The van der Waals surface area contributed by atoms with Crippen LogP contribution in [-0.4, -0.2) is 18.4 Å². The first kappa shape index (κ1) is 14.6. The van der Waals surface area contributed by atoms with Gasteiger partial charge < -0.3 is 9.64 Å². The third kappa shape index (κ3) is 2.84. The Morgan fingerprint density at radius 1 is 1.27 bits per heavy atom. The zero-order valence-electron chi connectivity index (χ0n) is 13.3. The summed E-state index contributed by atoms with van der Waals surface area (Å²) in [5.74, 6) is 0.939. The van der Waals surface area contributed by atoms with Gasteiger partial charge in [-0.3, -0.25) is 4.79 Å². The monoisotopic (exact) mass is 295 g/mol. The maximum absolute atomic E-state index is 11.7. The molecule has 3 heteroatoms. The van der Waals surface area contributed by atoms with Crippen molar-refractivity contribution in [3.8, 4) is 5.75 Å². The number of aryl methyl sites for hydroxylation is 1. The highest BCUT2D eigenvalue weighted by atomic mass is 16.5. The smallest absolute Gasteiger partial charge is 0.159 e. The molecule has 22 heavy (non-hydrogen) atoms. The Labute approximate surface area is 131 Å². The number of anilines is 1. The van der Waals surface area contributed by atoms with Crippen LogP contribution in [0, 0.1) is 6.92 Å². The molecular formula is C19H21NO2. The van der Waals surface area contributed by atoms with Crippen LogP contribution in [0.2, 0.25) is 0 Å². The number of hydrogen-bond acceptors (Lipinski definition) is 3. The Kier molecular flexibility index (Phi) is 3.88. The molecule has 1 atom stereocenters. The first-order valence-electron chi connectivity index (χ1n) is 7.65. The molecule has 2 aromatic carbocycles. The fourth-order valence-electron chi connectivity index (χ4n) is 2.89. The number of ketones is 1. The van der Waals surface area contributed by atoms with Crippen LogP contribution < -0.4 is 9.64 Å². The fraction of sp³-hybridized carbons (Fsp3) is 0.316. The van der Waals surface area contributed by atoms with E-state index in [9.17, 15) is 4.79 Å². The van der Waals surface area contributed by atoms with Gasteiger partial charge in [0, 0.05) is 12.1 Å². The van der Waals surface area contributed by atoms with Gasteiger partial charge >= 0.3 is 0 Å². The number of benzene rings is 2. The predicted octanol–water partition coefficient (Wildman–Crippen LogP) is 3.99. The van der Waals surface area contributed by atoms with E-state index in [-0.39, 0.29) is 11.9 Å². The zero-order valence-corrected chi connectivity index (χ0v) is 13.3. The summed E-state index contributed by atoms with van der Waals surface area (Å²) in [7, 11) is 0. The van der Waals surface area contributed by atoms with E-state index in [0.717, 1.165) is 30.1 Å². The van der Waals surface area contributed by atoms with E-state index < -0.39 is 0 Å². The van der Waals surface area contributed by atoms with Crippen molar-refractivity contribution in [1.29, 1.82) is 0 Å². The lowest BCUT2D eigenvalue weighted by molar-refractivity contribution is 0.101. The maximum Gasteiger partial charge on any atom is 0.159 e. The van der Waals surface area contributed by atoms with Crippen LogP contribution in [-0.2, 0) is 6.54 Å². The fourth-order valence-corrected chi connectivity index (χ4v) is 2.89. The Bertz CT molecular complexity index is 708. The summed E-state index contributed by atoms with van der Waals surface area (Å²) in [5.41, 5.74) is 4.32. The van der Waals surface area contributed by atoms with Crippen molar-refractivity contribution in [3.05, 3.63) is 59.2 Å². The van der Waals surface area contributed by atoms with Gasteiger partial charge in [-0.15, -0.1) is 0 Å². The Morgan fingerprint density at radius 3 is 2.77 bits per heavy atom. The zero-order chi connectivity index (χ0) is 15.7. The normalized spacial score (nSPS) is 16.9. The standard InChI is InChI=1S/C19H21NO2/c1-13-6-4-5-7-17(13)12-20-11-14(2)22-19-9-8-16(15(3)21)10-18(19)20/h4-10,14H,11-12H2,1-3H3. The van der Waals surface area contributed by atoms with E-state index in [1.54, 1.807) is 6.92 Å². The quantitative estimate of drug-likeness (QED) is 0.802. The van der Waals surface area contributed by atoms with Crippen molar-refractivity contribution in [2.24, 2.45) is 0 Å². The number of fused-ring (bicyclic) bond motifs is 1. The molecule has 0 spiro atoms. The van der Waals surface area contributed by atoms with Crippen molar-refractivity contribution in [1.82, 2.24) is 0 Å². The van der Waals surface area contributed by atoms with E-state index in [1.165, 1.54) is 11.1 Å². The molecule has 0 saturated carbocycles. The number of carbonyl (C=O) groups excluding carboxylic acids is 1. The highest BCUT2D eigenvalue weighted by molar-refractivity contribution is 5.95. The number of rotatable bonds is 3. The van der Waals surface area contributed by atoms with E-state index in [1.807, 2.05) is 18.2 Å². The van der Waals surface area contributed by atoms with Crippen LogP contribution in [0.1, 0.15) is 35.3 Å². The molecule has 1 aliphatic rings. The summed E-state index contributed by atoms with van der Waals surface area (Å²) in [5, 5.41) is 0. The van der Waals surface area contributed by atoms with Gasteiger partial charge in [0.25, 0.3) is 0 Å². The molecule has 3 nitrogen and oxygen atoms in total. The Morgan fingerprint density at radius 2 is 2.05 bits per heavy atom.